The van der Waals surface area contributed by atoms with Crippen LogP contribution in [0.15, 0.2) is 29.2 Å². The number of piperazine rings is 1. The van der Waals surface area contributed by atoms with Crippen LogP contribution in [0.1, 0.15) is 23.2 Å². The summed E-state index contributed by atoms with van der Waals surface area (Å²) < 4.78 is 26.2. The molecule has 1 atom stereocenters. The maximum absolute atomic E-state index is 12.6. The molecular weight excluding hydrogens is 344 g/mol. The van der Waals surface area contributed by atoms with Crippen molar-refractivity contribution in [2.45, 2.75) is 23.8 Å². The number of nitrogens with zero attached hydrogens (tertiary/aromatic N) is 1. The number of benzene rings is 1. The van der Waals surface area contributed by atoms with Gasteiger partial charge in [-0.3, -0.25) is 9.59 Å². The Balaban J connectivity index is 1.64. The van der Waals surface area contributed by atoms with Gasteiger partial charge in [-0.2, -0.15) is 4.31 Å². The summed E-state index contributed by atoms with van der Waals surface area (Å²) in [6.07, 6.45) is 2.16. The third-order valence-corrected chi connectivity index (χ3v) is 6.29. The molecule has 3 rings (SSSR count). The first kappa shape index (κ1) is 17.8. The van der Waals surface area contributed by atoms with Crippen LogP contribution in [0.2, 0.25) is 0 Å². The minimum absolute atomic E-state index is 0.0798. The fourth-order valence-corrected chi connectivity index (χ4v) is 4.39. The normalized spacial score (nSPS) is 21.8. The molecule has 2 aliphatic rings. The van der Waals surface area contributed by atoms with Crippen molar-refractivity contribution in [3.8, 4) is 0 Å². The van der Waals surface area contributed by atoms with E-state index in [1.807, 2.05) is 0 Å². The standard InChI is InChI=1S/C16H22N4O4S/c21-15-11-20(9-8-18-15)25(23,24)14-5-3-12(4-6-14)16(22)19-10-13-2-1-7-17-13/h3-6,13,17H,1-2,7-11H2,(H,18,21)(H,19,22). The molecule has 1 aromatic carbocycles. The van der Waals surface area contributed by atoms with E-state index in [4.69, 9.17) is 0 Å². The van der Waals surface area contributed by atoms with E-state index in [9.17, 15) is 18.0 Å². The molecular formula is C16H22N4O4S. The lowest BCUT2D eigenvalue weighted by Gasteiger charge is -2.25. The highest BCUT2D eigenvalue weighted by Crippen LogP contribution is 2.17. The summed E-state index contributed by atoms with van der Waals surface area (Å²) in [6.45, 7) is 1.89. The largest absolute Gasteiger partial charge is 0.354 e. The van der Waals surface area contributed by atoms with Crippen molar-refractivity contribution in [2.24, 2.45) is 0 Å². The molecule has 2 heterocycles. The van der Waals surface area contributed by atoms with Gasteiger partial charge in [0.15, 0.2) is 0 Å². The summed E-state index contributed by atoms with van der Waals surface area (Å²) in [5.74, 6) is -0.540. The average molecular weight is 366 g/mol. The highest BCUT2D eigenvalue weighted by molar-refractivity contribution is 7.89. The van der Waals surface area contributed by atoms with Gasteiger partial charge in [0.05, 0.1) is 11.4 Å². The van der Waals surface area contributed by atoms with E-state index in [1.165, 1.54) is 24.3 Å². The summed E-state index contributed by atoms with van der Waals surface area (Å²) in [6, 6.07) is 6.10. The van der Waals surface area contributed by atoms with Gasteiger partial charge in [0.1, 0.15) is 0 Å². The second kappa shape index (κ2) is 7.51. The van der Waals surface area contributed by atoms with Crippen LogP contribution in [-0.2, 0) is 14.8 Å². The molecule has 0 bridgehead atoms. The first-order valence-electron chi connectivity index (χ1n) is 8.35. The molecule has 1 aromatic rings. The molecule has 9 heteroatoms. The fourth-order valence-electron chi connectivity index (χ4n) is 3.00. The summed E-state index contributed by atoms with van der Waals surface area (Å²) in [5.41, 5.74) is 0.410. The number of sulfonamides is 1. The summed E-state index contributed by atoms with van der Waals surface area (Å²) in [5, 5.41) is 8.75. The van der Waals surface area contributed by atoms with Gasteiger partial charge in [0.25, 0.3) is 5.91 Å². The quantitative estimate of drug-likeness (QED) is 0.638. The molecule has 3 N–H and O–H groups in total. The van der Waals surface area contributed by atoms with Crippen molar-refractivity contribution in [1.82, 2.24) is 20.3 Å². The highest BCUT2D eigenvalue weighted by atomic mass is 32.2. The Labute approximate surface area is 147 Å². The van der Waals surface area contributed by atoms with Crippen molar-refractivity contribution in [1.29, 1.82) is 0 Å². The zero-order valence-electron chi connectivity index (χ0n) is 13.8. The Morgan fingerprint density at radius 2 is 2.00 bits per heavy atom. The van der Waals surface area contributed by atoms with Crippen LogP contribution in [-0.4, -0.2) is 63.3 Å². The number of rotatable bonds is 5. The summed E-state index contributed by atoms with van der Waals surface area (Å²) >= 11 is 0. The second-order valence-corrected chi connectivity index (χ2v) is 8.15. The first-order valence-corrected chi connectivity index (χ1v) is 9.79. The molecule has 1 unspecified atom stereocenters. The summed E-state index contributed by atoms with van der Waals surface area (Å²) in [4.78, 5) is 23.6. The lowest BCUT2D eigenvalue weighted by molar-refractivity contribution is -0.122. The lowest BCUT2D eigenvalue weighted by atomic mass is 10.2. The van der Waals surface area contributed by atoms with E-state index in [2.05, 4.69) is 16.0 Å². The number of hydrogen-bond donors (Lipinski definition) is 3. The smallest absolute Gasteiger partial charge is 0.251 e. The van der Waals surface area contributed by atoms with E-state index in [0.29, 0.717) is 24.7 Å². The second-order valence-electron chi connectivity index (χ2n) is 6.22. The molecule has 2 amide bonds. The van der Waals surface area contributed by atoms with Crippen LogP contribution in [0, 0.1) is 0 Å². The molecule has 0 radical (unpaired) electrons. The Morgan fingerprint density at radius 1 is 1.24 bits per heavy atom. The minimum Gasteiger partial charge on any atom is -0.354 e. The Bertz CT molecular complexity index is 742. The van der Waals surface area contributed by atoms with Crippen LogP contribution in [0.3, 0.4) is 0 Å². The lowest BCUT2D eigenvalue weighted by Crippen LogP contribution is -2.49. The third-order valence-electron chi connectivity index (χ3n) is 4.43. The van der Waals surface area contributed by atoms with Gasteiger partial charge in [-0.05, 0) is 43.7 Å². The number of amides is 2. The monoisotopic (exact) mass is 366 g/mol. The van der Waals surface area contributed by atoms with Crippen molar-refractivity contribution >= 4 is 21.8 Å². The molecule has 0 aromatic heterocycles. The molecule has 2 saturated heterocycles. The van der Waals surface area contributed by atoms with E-state index >= 15 is 0 Å². The van der Waals surface area contributed by atoms with Gasteiger partial charge >= 0.3 is 0 Å². The topological polar surface area (TPSA) is 108 Å². The Kier molecular flexibility index (Phi) is 5.36. The fraction of sp³-hybridized carbons (Fsp3) is 0.500. The molecule has 0 aliphatic carbocycles. The molecule has 0 saturated carbocycles. The third kappa shape index (κ3) is 4.17. The number of hydrogen-bond acceptors (Lipinski definition) is 5. The molecule has 0 spiro atoms. The molecule has 25 heavy (non-hydrogen) atoms. The molecule has 2 aliphatic heterocycles. The molecule has 136 valence electrons. The van der Waals surface area contributed by atoms with Gasteiger partial charge in [-0.1, -0.05) is 0 Å². The average Bonchev–Trinajstić information content (AvgIpc) is 3.13. The highest BCUT2D eigenvalue weighted by Gasteiger charge is 2.29. The van der Waals surface area contributed by atoms with E-state index in [1.54, 1.807) is 0 Å². The van der Waals surface area contributed by atoms with E-state index in [0.717, 1.165) is 23.7 Å². The van der Waals surface area contributed by atoms with Gasteiger partial charge in [-0.15, -0.1) is 0 Å². The maximum Gasteiger partial charge on any atom is 0.251 e. The number of carbonyl (C=O) groups excluding carboxylic acids is 2. The minimum atomic E-state index is -3.73. The number of nitrogens with one attached hydrogen (secondary N) is 3. The molecule has 2 fully saturated rings. The van der Waals surface area contributed by atoms with Crippen molar-refractivity contribution in [3.63, 3.8) is 0 Å². The van der Waals surface area contributed by atoms with Gasteiger partial charge in [-0.25, -0.2) is 8.42 Å². The summed E-state index contributed by atoms with van der Waals surface area (Å²) in [7, 11) is -3.73. The van der Waals surface area contributed by atoms with E-state index in [-0.39, 0.29) is 29.8 Å². The number of carbonyl (C=O) groups is 2. The maximum atomic E-state index is 12.6. The van der Waals surface area contributed by atoms with Crippen LogP contribution >= 0.6 is 0 Å². The van der Waals surface area contributed by atoms with Crippen LogP contribution < -0.4 is 16.0 Å². The predicted octanol–water partition coefficient (Wildman–Crippen LogP) is -0.711. The van der Waals surface area contributed by atoms with Gasteiger partial charge < -0.3 is 16.0 Å². The van der Waals surface area contributed by atoms with Crippen LogP contribution in [0.4, 0.5) is 0 Å². The van der Waals surface area contributed by atoms with Crippen molar-refractivity contribution in [3.05, 3.63) is 29.8 Å². The zero-order valence-corrected chi connectivity index (χ0v) is 14.6. The van der Waals surface area contributed by atoms with Crippen molar-refractivity contribution in [2.75, 3.05) is 32.7 Å². The Morgan fingerprint density at radius 3 is 2.64 bits per heavy atom. The van der Waals surface area contributed by atoms with Crippen molar-refractivity contribution < 1.29 is 18.0 Å². The van der Waals surface area contributed by atoms with Crippen LogP contribution in [0.5, 0.6) is 0 Å². The molecule has 8 nitrogen and oxygen atoms in total. The van der Waals surface area contributed by atoms with Gasteiger partial charge in [0.2, 0.25) is 15.9 Å². The SMILES string of the molecule is O=C1CN(S(=O)(=O)c2ccc(C(=O)NCC3CCCN3)cc2)CCN1. The van der Waals surface area contributed by atoms with E-state index < -0.39 is 10.0 Å². The first-order chi connectivity index (χ1) is 12.0. The zero-order chi connectivity index (χ0) is 17.9. The van der Waals surface area contributed by atoms with Crippen LogP contribution in [0.25, 0.3) is 0 Å². The Hall–Kier alpha value is -1.97. The van der Waals surface area contributed by atoms with Gasteiger partial charge in [0, 0.05) is 31.2 Å². The predicted molar refractivity (Wildman–Crippen MR) is 91.6 cm³/mol.